The van der Waals surface area contributed by atoms with E-state index < -0.39 is 5.91 Å². The number of amides is 1. The second-order valence-electron chi connectivity index (χ2n) is 15.1. The molecule has 1 aliphatic carbocycles. The minimum atomic E-state index is -0.464. The molecule has 3 N–H and O–H groups in total. The van der Waals surface area contributed by atoms with Gasteiger partial charge < -0.3 is 29.7 Å². The van der Waals surface area contributed by atoms with Gasteiger partial charge in [-0.3, -0.25) is 19.6 Å². The summed E-state index contributed by atoms with van der Waals surface area (Å²) in [5, 5.41) is 16.2. The molecule has 1 aromatic carbocycles. The highest BCUT2D eigenvalue weighted by Gasteiger charge is 2.48. The molecule has 6 heterocycles. The number of likely N-dealkylation sites (tertiary alicyclic amines) is 2. The van der Waals surface area contributed by atoms with Crippen molar-refractivity contribution in [3.05, 3.63) is 70.8 Å². The van der Waals surface area contributed by atoms with E-state index in [0.717, 1.165) is 86.6 Å². The van der Waals surface area contributed by atoms with E-state index in [1.165, 1.54) is 44.8 Å². The summed E-state index contributed by atoms with van der Waals surface area (Å²) in [6.07, 6.45) is 14.9. The summed E-state index contributed by atoms with van der Waals surface area (Å²) < 4.78 is 9.19. The van der Waals surface area contributed by atoms with Gasteiger partial charge in [-0.1, -0.05) is 0 Å². The second kappa shape index (κ2) is 14.9. The predicted octanol–water partition coefficient (Wildman–Crippen LogP) is 6.69. The molecule has 52 heavy (non-hydrogen) atoms. The molecule has 3 aliphatic heterocycles. The van der Waals surface area contributed by atoms with Gasteiger partial charge in [0, 0.05) is 54.3 Å². The van der Waals surface area contributed by atoms with Crippen molar-refractivity contribution in [2.45, 2.75) is 62.3 Å². The van der Waals surface area contributed by atoms with Crippen molar-refractivity contribution in [1.82, 2.24) is 29.5 Å². The number of nitrogens with zero attached hydrogens (tertiary/aromatic N) is 6. The zero-order chi connectivity index (χ0) is 35.7. The van der Waals surface area contributed by atoms with E-state index in [2.05, 4.69) is 46.7 Å². The van der Waals surface area contributed by atoms with Gasteiger partial charge in [0.1, 0.15) is 17.1 Å². The Bertz CT molecular complexity index is 1910. The number of hydrogen-bond acceptors (Lipinski definition) is 11. The third-order valence-corrected chi connectivity index (χ3v) is 12.5. The van der Waals surface area contributed by atoms with Crippen LogP contribution in [0.4, 0.5) is 17.1 Å². The second-order valence-corrected chi connectivity index (χ2v) is 16.0. The number of H-pyrrole nitrogens is 1. The molecule has 0 radical (unpaired) electrons. The molecule has 1 spiro atoms. The van der Waals surface area contributed by atoms with Crippen LogP contribution in [0.25, 0.3) is 11.0 Å². The Morgan fingerprint density at radius 1 is 1.04 bits per heavy atom. The molecule has 1 saturated carbocycles. The largest absolute Gasteiger partial charge is 0.453 e. The zero-order valence-corrected chi connectivity index (χ0v) is 30.5. The highest BCUT2D eigenvalue weighted by molar-refractivity contribution is 7.98. The van der Waals surface area contributed by atoms with Crippen molar-refractivity contribution in [2.24, 2.45) is 11.3 Å². The number of piperidine rings is 2. The summed E-state index contributed by atoms with van der Waals surface area (Å²) >= 11 is 1.01. The molecule has 1 amide bonds. The number of nitro benzene ring substituents is 1. The van der Waals surface area contributed by atoms with Gasteiger partial charge in [-0.2, -0.15) is 0 Å². The lowest BCUT2D eigenvalue weighted by Gasteiger charge is -2.55. The van der Waals surface area contributed by atoms with Crippen LogP contribution in [0.1, 0.15) is 61.9 Å². The van der Waals surface area contributed by atoms with Crippen LogP contribution in [0, 0.1) is 21.4 Å². The molecule has 13 nitrogen and oxygen atoms in total. The normalized spacial score (nSPS) is 19.9. The van der Waals surface area contributed by atoms with Crippen molar-refractivity contribution >= 4 is 46.0 Å². The van der Waals surface area contributed by atoms with Gasteiger partial charge in [-0.25, -0.2) is 9.97 Å². The van der Waals surface area contributed by atoms with Crippen molar-refractivity contribution in [2.75, 3.05) is 63.1 Å². The highest BCUT2D eigenvalue weighted by Crippen LogP contribution is 2.52. The maximum atomic E-state index is 13.7. The van der Waals surface area contributed by atoms with Gasteiger partial charge in [-0.05, 0) is 132 Å². The number of aromatic nitrogens is 3. The number of nitro groups is 1. The Labute approximate surface area is 308 Å². The Kier molecular flexibility index (Phi) is 9.95. The number of nitrogens with one attached hydrogen (secondary N) is 3. The molecular weight excluding hydrogens is 679 g/mol. The Balaban J connectivity index is 0.953. The summed E-state index contributed by atoms with van der Waals surface area (Å²) in [6.45, 7) is 7.15. The summed E-state index contributed by atoms with van der Waals surface area (Å²) in [6, 6.07) is 11.4. The number of aromatic amines is 1. The number of anilines is 2. The van der Waals surface area contributed by atoms with Crippen molar-refractivity contribution in [1.29, 1.82) is 0 Å². The van der Waals surface area contributed by atoms with Crippen molar-refractivity contribution < 1.29 is 14.5 Å². The molecular formula is C38H47N9O4S. The van der Waals surface area contributed by atoms with E-state index in [1.54, 1.807) is 24.5 Å². The van der Waals surface area contributed by atoms with Crippen LogP contribution in [0.5, 0.6) is 11.5 Å². The average Bonchev–Trinajstić information content (AvgIpc) is 3.86. The lowest BCUT2D eigenvalue weighted by atomic mass is 9.60. The lowest BCUT2D eigenvalue weighted by molar-refractivity contribution is -0.384. The van der Waals surface area contributed by atoms with E-state index in [-0.39, 0.29) is 16.3 Å². The molecule has 3 saturated heterocycles. The molecule has 0 atom stereocenters. The smallest absolute Gasteiger partial charge is 0.293 e. The molecule has 0 unspecified atom stereocenters. The fourth-order valence-electron chi connectivity index (χ4n) is 8.46. The van der Waals surface area contributed by atoms with Crippen LogP contribution in [0.3, 0.4) is 0 Å². The summed E-state index contributed by atoms with van der Waals surface area (Å²) in [5.74, 6) is 0.827. The molecule has 8 rings (SSSR count). The van der Waals surface area contributed by atoms with Crippen LogP contribution in [-0.4, -0.2) is 94.5 Å². The first-order chi connectivity index (χ1) is 25.3. The number of rotatable bonds is 11. The number of hydrogen-bond donors (Lipinski definition) is 3. The van der Waals surface area contributed by atoms with Crippen molar-refractivity contribution in [3.8, 4) is 11.5 Å². The summed E-state index contributed by atoms with van der Waals surface area (Å²) in [5.41, 5.74) is 2.68. The number of carbonyl (C=O) groups excluding carboxylic acids is 1. The molecule has 274 valence electrons. The van der Waals surface area contributed by atoms with E-state index in [1.807, 2.05) is 24.4 Å². The number of fused-ring (bicyclic) bond motifs is 1. The minimum Gasteiger partial charge on any atom is -0.453 e. The van der Waals surface area contributed by atoms with E-state index in [0.29, 0.717) is 40.0 Å². The van der Waals surface area contributed by atoms with Crippen LogP contribution < -0.4 is 19.7 Å². The van der Waals surface area contributed by atoms with Gasteiger partial charge in [-0.15, -0.1) is 0 Å². The monoisotopic (exact) mass is 725 g/mol. The zero-order valence-electron chi connectivity index (χ0n) is 29.7. The summed E-state index contributed by atoms with van der Waals surface area (Å²) in [7, 11) is 2.12. The van der Waals surface area contributed by atoms with E-state index >= 15 is 0 Å². The molecule has 3 aromatic heterocycles. The molecule has 4 fully saturated rings. The van der Waals surface area contributed by atoms with Gasteiger partial charge in [0.25, 0.3) is 11.6 Å². The number of benzene rings is 1. The first kappa shape index (κ1) is 34.7. The number of pyridine rings is 2. The average molecular weight is 726 g/mol. The molecule has 14 heteroatoms. The van der Waals surface area contributed by atoms with Crippen molar-refractivity contribution in [3.63, 3.8) is 0 Å². The third-order valence-electron chi connectivity index (χ3n) is 11.7. The van der Waals surface area contributed by atoms with Crippen LogP contribution >= 0.6 is 11.9 Å². The standard InChI is InChI=1S/C38H47N9O4S/c1-44-14-7-26(8-15-44)23-40-32-5-4-31(20-33(32)47(49)50)52-43-37(48)35-34(51-30-18-27-6-11-39-36(27)42-25-30)19-28(24-41-35)46-16-9-38(10-17-46)21-29(22-38)45-12-2-3-13-45/h4-6,11,18-20,24-26,29,40H,2-3,7-10,12-17,21-23H2,1H3,(H,39,42)(H,43,48). The molecule has 4 aromatic rings. The van der Waals surface area contributed by atoms with E-state index in [4.69, 9.17) is 4.74 Å². The maximum absolute atomic E-state index is 13.7. The Morgan fingerprint density at radius 2 is 1.83 bits per heavy atom. The predicted molar refractivity (Wildman–Crippen MR) is 203 cm³/mol. The van der Waals surface area contributed by atoms with Crippen LogP contribution in [0.15, 0.2) is 59.9 Å². The maximum Gasteiger partial charge on any atom is 0.293 e. The number of carbonyl (C=O) groups is 1. The first-order valence-corrected chi connectivity index (χ1v) is 19.4. The van der Waals surface area contributed by atoms with Gasteiger partial charge in [0.05, 0.1) is 23.0 Å². The third kappa shape index (κ3) is 7.55. The lowest BCUT2D eigenvalue weighted by Crippen LogP contribution is -2.54. The fourth-order valence-corrected chi connectivity index (χ4v) is 9.07. The minimum absolute atomic E-state index is 0.0249. The summed E-state index contributed by atoms with van der Waals surface area (Å²) in [4.78, 5) is 45.4. The fraction of sp³-hybridized carbons (Fsp3) is 0.500. The van der Waals surface area contributed by atoms with Gasteiger partial charge in [0.15, 0.2) is 11.4 Å². The van der Waals surface area contributed by atoms with Gasteiger partial charge in [0.2, 0.25) is 0 Å². The number of ether oxygens (including phenoxy) is 1. The molecule has 0 bridgehead atoms. The van der Waals surface area contributed by atoms with Crippen LogP contribution in [0.2, 0.25) is 0 Å². The Morgan fingerprint density at radius 3 is 2.60 bits per heavy atom. The van der Waals surface area contributed by atoms with Gasteiger partial charge >= 0.3 is 0 Å². The van der Waals surface area contributed by atoms with Crippen LogP contribution in [-0.2, 0) is 0 Å². The van der Waals surface area contributed by atoms with E-state index in [9.17, 15) is 14.9 Å². The first-order valence-electron chi connectivity index (χ1n) is 18.6. The highest BCUT2D eigenvalue weighted by atomic mass is 32.2. The Hall–Kier alpha value is -4.40. The quantitative estimate of drug-likeness (QED) is 0.0864. The SMILES string of the molecule is CN1CCC(CNc2ccc(SNC(=O)c3ncc(N4CCC5(CC4)CC(N4CCCC4)C5)cc3Oc3cnc4[nH]ccc4c3)cc2[N+](=O)[O-])CC1. The topological polar surface area (TPSA) is 145 Å². The molecule has 4 aliphatic rings.